The lowest BCUT2D eigenvalue weighted by Gasteiger charge is -2.25. The Kier molecular flexibility index (Phi) is 5.00. The van der Waals surface area contributed by atoms with Gasteiger partial charge in [-0.3, -0.25) is 9.59 Å². The molecule has 0 saturated carbocycles. The lowest BCUT2D eigenvalue weighted by atomic mass is 10.1. The van der Waals surface area contributed by atoms with E-state index in [9.17, 15) is 9.59 Å². The third-order valence-corrected chi connectivity index (χ3v) is 5.11. The molecule has 0 unspecified atom stereocenters. The summed E-state index contributed by atoms with van der Waals surface area (Å²) in [6, 6.07) is 24.7. The van der Waals surface area contributed by atoms with Crippen molar-refractivity contribution in [3.8, 4) is 0 Å². The molecule has 0 spiro atoms. The van der Waals surface area contributed by atoms with Crippen molar-refractivity contribution in [1.29, 1.82) is 0 Å². The third kappa shape index (κ3) is 3.83. The maximum absolute atomic E-state index is 13.4. The first-order valence-corrected chi connectivity index (χ1v) is 9.58. The van der Waals surface area contributed by atoms with E-state index in [4.69, 9.17) is 0 Å². The van der Waals surface area contributed by atoms with Gasteiger partial charge >= 0.3 is 0 Å². The van der Waals surface area contributed by atoms with Crippen LogP contribution in [-0.2, 0) is 6.54 Å². The van der Waals surface area contributed by atoms with Crippen molar-refractivity contribution >= 4 is 22.5 Å². The molecule has 1 aromatic heterocycles. The number of nitrogens with zero attached hydrogens (tertiary/aromatic N) is 1. The summed E-state index contributed by atoms with van der Waals surface area (Å²) in [7, 11) is 0. The minimum absolute atomic E-state index is 0.133. The summed E-state index contributed by atoms with van der Waals surface area (Å²) in [6.45, 7) is 4.15. The van der Waals surface area contributed by atoms with Gasteiger partial charge in [0, 0.05) is 22.3 Å². The maximum atomic E-state index is 13.4. The number of carbonyl (C=O) groups excluding carboxylic acids is 1. The molecule has 3 aromatic carbocycles. The quantitative estimate of drug-likeness (QED) is 0.540. The number of rotatable bonds is 4. The number of fused-ring (bicyclic) bond motifs is 1. The molecule has 0 aliphatic rings. The van der Waals surface area contributed by atoms with Crippen molar-refractivity contribution in [3.63, 3.8) is 0 Å². The van der Waals surface area contributed by atoms with Crippen LogP contribution in [0.25, 0.3) is 10.9 Å². The zero-order valence-electron chi connectivity index (χ0n) is 16.5. The van der Waals surface area contributed by atoms with Crippen LogP contribution in [0.1, 0.15) is 27.0 Å². The summed E-state index contributed by atoms with van der Waals surface area (Å²) in [5, 5.41) is 0.939. The molecule has 1 heterocycles. The van der Waals surface area contributed by atoms with Crippen molar-refractivity contribution in [1.82, 2.24) is 4.98 Å². The summed E-state index contributed by atoms with van der Waals surface area (Å²) in [4.78, 5) is 30.7. The fraction of sp³-hybridized carbons (Fsp3) is 0.120. The molecule has 4 rings (SSSR count). The van der Waals surface area contributed by atoms with Crippen molar-refractivity contribution in [2.45, 2.75) is 20.4 Å². The average molecular weight is 382 g/mol. The number of aromatic amines is 1. The van der Waals surface area contributed by atoms with Crippen LogP contribution in [0.3, 0.4) is 0 Å². The molecule has 4 nitrogen and oxygen atoms in total. The van der Waals surface area contributed by atoms with Crippen LogP contribution in [0.15, 0.2) is 83.7 Å². The normalized spacial score (nSPS) is 10.8. The summed E-state index contributed by atoms with van der Waals surface area (Å²) in [5.74, 6) is -0.133. The lowest BCUT2D eigenvalue weighted by Crippen LogP contribution is -2.33. The molecule has 0 aliphatic carbocycles. The van der Waals surface area contributed by atoms with Gasteiger partial charge in [-0.25, -0.2) is 0 Å². The second-order valence-corrected chi connectivity index (χ2v) is 7.25. The van der Waals surface area contributed by atoms with Crippen molar-refractivity contribution in [3.05, 3.63) is 111 Å². The second-order valence-electron chi connectivity index (χ2n) is 7.25. The van der Waals surface area contributed by atoms with Gasteiger partial charge in [-0.05, 0) is 55.1 Å². The van der Waals surface area contributed by atoms with Gasteiger partial charge in [-0.2, -0.15) is 0 Å². The van der Waals surface area contributed by atoms with E-state index in [2.05, 4.69) is 4.98 Å². The molecule has 4 heteroatoms. The molecule has 0 atom stereocenters. The molecule has 0 aliphatic heterocycles. The van der Waals surface area contributed by atoms with Gasteiger partial charge in [0.15, 0.2) is 0 Å². The van der Waals surface area contributed by atoms with Gasteiger partial charge in [0.05, 0.1) is 6.54 Å². The highest BCUT2D eigenvalue weighted by Crippen LogP contribution is 2.24. The third-order valence-electron chi connectivity index (χ3n) is 5.11. The zero-order valence-corrected chi connectivity index (χ0v) is 16.5. The standard InChI is InChI=1S/C25H22N2O2/c1-17-11-13-19(14-12-17)25(29)27(23-10-6-3-7-18(23)2)16-21-15-20-8-4-5-9-22(20)26-24(21)28/h3-15H,16H2,1-2H3,(H,26,28). The Morgan fingerprint density at radius 1 is 0.897 bits per heavy atom. The van der Waals surface area contributed by atoms with Crippen LogP contribution in [-0.4, -0.2) is 10.9 Å². The molecule has 4 aromatic rings. The number of amides is 1. The van der Waals surface area contributed by atoms with E-state index >= 15 is 0 Å². The maximum Gasteiger partial charge on any atom is 0.258 e. The number of hydrogen-bond acceptors (Lipinski definition) is 2. The number of nitrogens with one attached hydrogen (secondary N) is 1. The number of H-pyrrole nitrogens is 1. The Morgan fingerprint density at radius 3 is 2.34 bits per heavy atom. The van der Waals surface area contributed by atoms with E-state index in [0.29, 0.717) is 11.1 Å². The van der Waals surface area contributed by atoms with Gasteiger partial charge in [0.1, 0.15) is 0 Å². The summed E-state index contributed by atoms with van der Waals surface area (Å²) >= 11 is 0. The number of carbonyl (C=O) groups is 1. The molecule has 1 N–H and O–H groups in total. The number of pyridine rings is 1. The van der Waals surface area contributed by atoms with Gasteiger partial charge in [0.25, 0.3) is 11.5 Å². The highest BCUT2D eigenvalue weighted by molar-refractivity contribution is 6.06. The zero-order chi connectivity index (χ0) is 20.4. The molecule has 0 saturated heterocycles. The highest BCUT2D eigenvalue weighted by Gasteiger charge is 2.21. The Labute approximate surface area is 169 Å². The average Bonchev–Trinajstić information content (AvgIpc) is 2.73. The fourth-order valence-electron chi connectivity index (χ4n) is 3.46. The van der Waals surface area contributed by atoms with Gasteiger partial charge in [-0.1, -0.05) is 54.1 Å². The number of hydrogen-bond donors (Lipinski definition) is 1. The predicted molar refractivity (Wildman–Crippen MR) is 117 cm³/mol. The van der Waals surface area contributed by atoms with Gasteiger partial charge in [-0.15, -0.1) is 0 Å². The minimum atomic E-state index is -0.181. The summed E-state index contributed by atoms with van der Waals surface area (Å²) < 4.78 is 0. The first-order chi connectivity index (χ1) is 14.0. The van der Waals surface area contributed by atoms with Gasteiger partial charge in [0.2, 0.25) is 0 Å². The second kappa shape index (κ2) is 7.76. The number of aryl methyl sites for hydroxylation is 2. The van der Waals surface area contributed by atoms with E-state index in [-0.39, 0.29) is 18.0 Å². The fourth-order valence-corrected chi connectivity index (χ4v) is 3.46. The predicted octanol–water partition coefficient (Wildman–Crippen LogP) is 4.99. The Bertz CT molecular complexity index is 1240. The molecule has 0 fully saturated rings. The van der Waals surface area contributed by atoms with E-state index in [1.54, 1.807) is 4.90 Å². The molecule has 1 amide bonds. The smallest absolute Gasteiger partial charge is 0.258 e. The summed E-state index contributed by atoms with van der Waals surface area (Å²) in [5.41, 5.74) is 4.61. The number of anilines is 1. The number of aromatic nitrogens is 1. The van der Waals surface area contributed by atoms with E-state index in [1.165, 1.54) is 0 Å². The Morgan fingerprint density at radius 2 is 1.59 bits per heavy atom. The topological polar surface area (TPSA) is 53.2 Å². The van der Waals surface area contributed by atoms with Crippen molar-refractivity contribution < 1.29 is 4.79 Å². The highest BCUT2D eigenvalue weighted by atomic mass is 16.2. The SMILES string of the molecule is Cc1ccc(C(=O)N(Cc2cc3ccccc3[nH]c2=O)c2ccccc2C)cc1. The van der Waals surface area contributed by atoms with E-state index in [0.717, 1.165) is 27.7 Å². The Hall–Kier alpha value is -3.66. The van der Waals surface area contributed by atoms with Crippen LogP contribution in [0.4, 0.5) is 5.69 Å². The van der Waals surface area contributed by atoms with Crippen LogP contribution < -0.4 is 10.5 Å². The minimum Gasteiger partial charge on any atom is -0.322 e. The Balaban J connectivity index is 1.80. The lowest BCUT2D eigenvalue weighted by molar-refractivity contribution is 0.0985. The molecule has 29 heavy (non-hydrogen) atoms. The van der Waals surface area contributed by atoms with Crippen LogP contribution in [0, 0.1) is 13.8 Å². The van der Waals surface area contributed by atoms with E-state index < -0.39 is 0 Å². The molecular weight excluding hydrogens is 360 g/mol. The van der Waals surface area contributed by atoms with Crippen LogP contribution in [0.5, 0.6) is 0 Å². The summed E-state index contributed by atoms with van der Waals surface area (Å²) in [6.07, 6.45) is 0. The molecule has 0 bridgehead atoms. The van der Waals surface area contributed by atoms with E-state index in [1.807, 2.05) is 92.7 Å². The number of benzene rings is 3. The van der Waals surface area contributed by atoms with Gasteiger partial charge < -0.3 is 9.88 Å². The first kappa shape index (κ1) is 18.7. The molecule has 144 valence electrons. The molecular formula is C25H22N2O2. The first-order valence-electron chi connectivity index (χ1n) is 9.58. The largest absolute Gasteiger partial charge is 0.322 e. The monoisotopic (exact) mass is 382 g/mol. The number of para-hydroxylation sites is 2. The molecule has 0 radical (unpaired) electrons. The van der Waals surface area contributed by atoms with Crippen molar-refractivity contribution in [2.75, 3.05) is 4.90 Å². The van der Waals surface area contributed by atoms with Crippen LogP contribution in [0.2, 0.25) is 0 Å². The van der Waals surface area contributed by atoms with Crippen molar-refractivity contribution in [2.24, 2.45) is 0 Å². The van der Waals surface area contributed by atoms with Crippen LogP contribution >= 0.6 is 0 Å².